The molecular weight excluding hydrogens is 352 g/mol. The summed E-state index contributed by atoms with van der Waals surface area (Å²) in [6, 6.07) is 5.97. The van der Waals surface area contributed by atoms with Gasteiger partial charge in [0.15, 0.2) is 17.1 Å². The number of hydrogen-bond acceptors (Lipinski definition) is 7. The highest BCUT2D eigenvalue weighted by molar-refractivity contribution is 6.30. The number of benzene rings is 1. The summed E-state index contributed by atoms with van der Waals surface area (Å²) in [7, 11) is 0. The molecule has 1 aliphatic rings. The highest BCUT2D eigenvalue weighted by atomic mass is 35.5. The van der Waals surface area contributed by atoms with Crippen LogP contribution in [0.15, 0.2) is 28.8 Å². The van der Waals surface area contributed by atoms with Crippen LogP contribution in [0.4, 0.5) is 5.82 Å². The van der Waals surface area contributed by atoms with Gasteiger partial charge in [-0.2, -0.15) is 0 Å². The number of aromatic carboxylic acids is 1. The predicted molar refractivity (Wildman–Crippen MR) is 88.8 cm³/mol. The summed E-state index contributed by atoms with van der Waals surface area (Å²) < 4.78 is 10.5. The van der Waals surface area contributed by atoms with Gasteiger partial charge in [-0.05, 0) is 30.7 Å². The van der Waals surface area contributed by atoms with Gasteiger partial charge < -0.3 is 29.9 Å². The number of halogens is 1. The molecule has 25 heavy (non-hydrogen) atoms. The Balaban J connectivity index is 1.89. The second kappa shape index (κ2) is 7.40. The fourth-order valence-electron chi connectivity index (χ4n) is 2.75. The van der Waals surface area contributed by atoms with Crippen LogP contribution in [-0.2, 0) is 4.74 Å². The molecule has 1 fully saturated rings. The highest BCUT2D eigenvalue weighted by Gasteiger charge is 2.34. The van der Waals surface area contributed by atoms with Gasteiger partial charge in [0, 0.05) is 17.2 Å². The van der Waals surface area contributed by atoms with Crippen LogP contribution in [-0.4, -0.2) is 57.9 Å². The summed E-state index contributed by atoms with van der Waals surface area (Å²) >= 11 is 5.84. The molecule has 1 saturated heterocycles. The Bertz CT molecular complexity index is 748. The first kappa shape index (κ1) is 17.7. The third-order valence-corrected chi connectivity index (χ3v) is 4.32. The van der Waals surface area contributed by atoms with Crippen molar-refractivity contribution in [2.45, 2.75) is 24.7 Å². The van der Waals surface area contributed by atoms with E-state index in [0.29, 0.717) is 23.6 Å². The lowest BCUT2D eigenvalue weighted by Crippen LogP contribution is -2.49. The van der Waals surface area contributed by atoms with Crippen molar-refractivity contribution < 1.29 is 29.4 Å². The van der Waals surface area contributed by atoms with Crippen molar-refractivity contribution in [2.75, 3.05) is 18.5 Å². The molecule has 3 rings (SSSR count). The third kappa shape index (κ3) is 3.62. The second-order valence-electron chi connectivity index (χ2n) is 5.67. The first-order valence-electron chi connectivity index (χ1n) is 7.67. The summed E-state index contributed by atoms with van der Waals surface area (Å²) in [6.45, 7) is -0.00970. The van der Waals surface area contributed by atoms with Crippen LogP contribution >= 0.6 is 11.6 Å². The molecule has 8 nitrogen and oxygen atoms in total. The van der Waals surface area contributed by atoms with Crippen LogP contribution in [0, 0.1) is 0 Å². The Labute approximate surface area is 148 Å². The van der Waals surface area contributed by atoms with Crippen LogP contribution in [0.5, 0.6) is 0 Å². The van der Waals surface area contributed by atoms with E-state index in [1.165, 1.54) is 0 Å². The van der Waals surface area contributed by atoms with Gasteiger partial charge in [0.2, 0.25) is 0 Å². The SMILES string of the molecule is O=C(O)c1c(N[C@H]2CCO[C@H](CO)[C@H]2O)noc1-c1ccc(Cl)cc1. The molecule has 0 saturated carbocycles. The maximum atomic E-state index is 11.7. The molecule has 0 aliphatic carbocycles. The number of aromatic nitrogens is 1. The predicted octanol–water partition coefficient (Wildman–Crippen LogP) is 1.62. The maximum absolute atomic E-state index is 11.7. The zero-order chi connectivity index (χ0) is 18.0. The van der Waals surface area contributed by atoms with E-state index in [2.05, 4.69) is 10.5 Å². The molecule has 3 atom stereocenters. The number of ether oxygens (including phenoxy) is 1. The van der Waals surface area contributed by atoms with E-state index in [9.17, 15) is 20.1 Å². The lowest BCUT2D eigenvalue weighted by Gasteiger charge is -2.34. The number of nitrogens with zero attached hydrogens (tertiary/aromatic N) is 1. The minimum Gasteiger partial charge on any atom is -0.477 e. The lowest BCUT2D eigenvalue weighted by molar-refractivity contribution is -0.0997. The van der Waals surface area contributed by atoms with Gasteiger partial charge >= 0.3 is 5.97 Å². The van der Waals surface area contributed by atoms with Crippen molar-refractivity contribution in [3.8, 4) is 11.3 Å². The Hall–Kier alpha value is -2.13. The van der Waals surface area contributed by atoms with Gasteiger partial charge in [0.25, 0.3) is 0 Å². The van der Waals surface area contributed by atoms with Gasteiger partial charge in [0.1, 0.15) is 12.2 Å². The van der Waals surface area contributed by atoms with E-state index in [0.717, 1.165) is 0 Å². The Morgan fingerprint density at radius 3 is 2.72 bits per heavy atom. The van der Waals surface area contributed by atoms with Gasteiger partial charge in [-0.15, -0.1) is 0 Å². The van der Waals surface area contributed by atoms with E-state index in [-0.39, 0.29) is 23.7 Å². The van der Waals surface area contributed by atoms with Crippen LogP contribution in [0.2, 0.25) is 5.02 Å². The Morgan fingerprint density at radius 1 is 1.36 bits per heavy atom. The first-order chi connectivity index (χ1) is 12.0. The molecule has 134 valence electrons. The van der Waals surface area contributed by atoms with Crippen LogP contribution < -0.4 is 5.32 Å². The number of hydrogen-bond donors (Lipinski definition) is 4. The first-order valence-corrected chi connectivity index (χ1v) is 8.05. The normalized spacial score (nSPS) is 23.4. The number of nitrogens with one attached hydrogen (secondary N) is 1. The van der Waals surface area contributed by atoms with Crippen LogP contribution in [0.25, 0.3) is 11.3 Å². The molecule has 4 N–H and O–H groups in total. The van der Waals surface area contributed by atoms with Crippen LogP contribution in [0.3, 0.4) is 0 Å². The van der Waals surface area contributed by atoms with Crippen molar-refractivity contribution in [1.82, 2.24) is 5.16 Å². The van der Waals surface area contributed by atoms with Crippen molar-refractivity contribution in [2.24, 2.45) is 0 Å². The smallest absolute Gasteiger partial charge is 0.343 e. The monoisotopic (exact) mass is 368 g/mol. The Morgan fingerprint density at radius 2 is 2.08 bits per heavy atom. The molecule has 0 unspecified atom stereocenters. The number of aliphatic hydroxyl groups is 2. The van der Waals surface area contributed by atoms with Crippen LogP contribution in [0.1, 0.15) is 16.8 Å². The zero-order valence-electron chi connectivity index (χ0n) is 13.1. The highest BCUT2D eigenvalue weighted by Crippen LogP contribution is 2.31. The van der Waals surface area contributed by atoms with Crippen molar-refractivity contribution in [3.05, 3.63) is 34.9 Å². The molecule has 1 aliphatic heterocycles. The fraction of sp³-hybridized carbons (Fsp3) is 0.375. The number of aliphatic hydroxyl groups excluding tert-OH is 2. The Kier molecular flexibility index (Phi) is 5.24. The average molecular weight is 369 g/mol. The average Bonchev–Trinajstić information content (AvgIpc) is 3.01. The van der Waals surface area contributed by atoms with E-state index >= 15 is 0 Å². The number of carboxylic acid groups (broad SMARTS) is 1. The minimum absolute atomic E-state index is 0.0140. The molecule has 0 radical (unpaired) electrons. The van der Waals surface area contributed by atoms with Crippen molar-refractivity contribution >= 4 is 23.4 Å². The zero-order valence-corrected chi connectivity index (χ0v) is 13.8. The summed E-state index contributed by atoms with van der Waals surface area (Å²) in [4.78, 5) is 11.7. The number of anilines is 1. The molecule has 0 bridgehead atoms. The van der Waals surface area contributed by atoms with Gasteiger partial charge in [-0.1, -0.05) is 16.8 Å². The summed E-state index contributed by atoms with van der Waals surface area (Å²) in [5.41, 5.74) is 0.379. The number of carboxylic acids is 1. The van der Waals surface area contributed by atoms with E-state index in [4.69, 9.17) is 20.9 Å². The molecule has 0 amide bonds. The van der Waals surface area contributed by atoms with Gasteiger partial charge in [-0.3, -0.25) is 0 Å². The summed E-state index contributed by atoms with van der Waals surface area (Å²) in [6.07, 6.45) is -1.31. The van der Waals surface area contributed by atoms with E-state index in [1.54, 1.807) is 24.3 Å². The molecular formula is C16H17ClN2O6. The van der Waals surface area contributed by atoms with Crippen molar-refractivity contribution in [3.63, 3.8) is 0 Å². The largest absolute Gasteiger partial charge is 0.477 e. The molecule has 1 aromatic carbocycles. The summed E-state index contributed by atoms with van der Waals surface area (Å²) in [5, 5.41) is 36.2. The second-order valence-corrected chi connectivity index (χ2v) is 6.11. The molecule has 0 spiro atoms. The molecule has 2 heterocycles. The number of carbonyl (C=O) groups is 1. The lowest BCUT2D eigenvalue weighted by atomic mass is 9.99. The van der Waals surface area contributed by atoms with Gasteiger partial charge in [-0.25, -0.2) is 4.79 Å². The third-order valence-electron chi connectivity index (χ3n) is 4.07. The molecule has 9 heteroatoms. The van der Waals surface area contributed by atoms with E-state index in [1.807, 2.05) is 0 Å². The standard InChI is InChI=1S/C16H17ClN2O6/c17-9-3-1-8(2-4-9)14-12(16(22)23)15(19-25-14)18-10-5-6-24-11(7-20)13(10)21/h1-4,10-11,13,20-21H,5-7H2,(H,18,19)(H,22,23)/t10-,11+,13-/m0/s1. The fourth-order valence-corrected chi connectivity index (χ4v) is 2.88. The maximum Gasteiger partial charge on any atom is 0.343 e. The quantitative estimate of drug-likeness (QED) is 0.627. The topological polar surface area (TPSA) is 125 Å². The summed E-state index contributed by atoms with van der Waals surface area (Å²) in [5.74, 6) is -1.11. The molecule has 1 aromatic heterocycles. The molecule has 2 aromatic rings. The van der Waals surface area contributed by atoms with Gasteiger partial charge in [0.05, 0.1) is 12.6 Å². The minimum atomic E-state index is -1.21. The van der Waals surface area contributed by atoms with E-state index < -0.39 is 24.2 Å². The number of rotatable bonds is 5. The van der Waals surface area contributed by atoms with Crippen molar-refractivity contribution in [1.29, 1.82) is 0 Å².